The monoisotopic (exact) mass is 264 g/mol. The van der Waals surface area contributed by atoms with Crippen molar-refractivity contribution < 1.29 is 14.0 Å². The molecule has 0 aromatic carbocycles. The maximum absolute atomic E-state index is 12.2. The van der Waals surface area contributed by atoms with Crippen LogP contribution in [0.15, 0.2) is 10.5 Å². The van der Waals surface area contributed by atoms with E-state index in [1.165, 1.54) is 4.90 Å². The molecule has 1 fully saturated rings. The Hall–Kier alpha value is -1.78. The molecule has 0 bridgehead atoms. The van der Waals surface area contributed by atoms with E-state index in [0.717, 1.165) is 29.9 Å². The van der Waals surface area contributed by atoms with Gasteiger partial charge in [-0.05, 0) is 26.3 Å². The van der Waals surface area contributed by atoms with Crippen LogP contribution in [0.2, 0.25) is 0 Å². The lowest BCUT2D eigenvalue weighted by Crippen LogP contribution is -2.31. The summed E-state index contributed by atoms with van der Waals surface area (Å²) in [6.45, 7) is 6.05. The van der Waals surface area contributed by atoms with E-state index in [4.69, 9.17) is 4.42 Å². The molecule has 5 nitrogen and oxygen atoms in total. The number of nitrogens with zero attached hydrogens (tertiary/aromatic N) is 1. The summed E-state index contributed by atoms with van der Waals surface area (Å²) < 4.78 is 5.42. The van der Waals surface area contributed by atoms with Crippen LogP contribution < -0.4 is 5.32 Å². The van der Waals surface area contributed by atoms with E-state index < -0.39 is 0 Å². The number of urea groups is 1. The fraction of sp³-hybridized carbons (Fsp3) is 0.571. The highest BCUT2D eigenvalue weighted by Gasteiger charge is 2.37. The van der Waals surface area contributed by atoms with Gasteiger partial charge in [-0.2, -0.15) is 0 Å². The van der Waals surface area contributed by atoms with Gasteiger partial charge in [0.15, 0.2) is 0 Å². The Balaban J connectivity index is 2.06. The molecule has 5 heteroatoms. The molecule has 1 unspecified atom stereocenters. The summed E-state index contributed by atoms with van der Waals surface area (Å²) >= 11 is 0. The quantitative estimate of drug-likeness (QED) is 0.831. The van der Waals surface area contributed by atoms with Crippen LogP contribution in [-0.4, -0.2) is 22.9 Å². The molecular weight excluding hydrogens is 244 g/mol. The van der Waals surface area contributed by atoms with Crippen molar-refractivity contribution in [2.75, 3.05) is 0 Å². The van der Waals surface area contributed by atoms with Gasteiger partial charge in [-0.15, -0.1) is 0 Å². The summed E-state index contributed by atoms with van der Waals surface area (Å²) in [4.78, 5) is 25.3. The Morgan fingerprint density at radius 1 is 1.37 bits per heavy atom. The molecule has 0 saturated carbocycles. The summed E-state index contributed by atoms with van der Waals surface area (Å²) in [6, 6.07) is 1.21. The number of amides is 3. The smallest absolute Gasteiger partial charge is 0.325 e. The van der Waals surface area contributed by atoms with Crippen molar-refractivity contribution in [2.45, 2.75) is 52.6 Å². The van der Waals surface area contributed by atoms with Crippen molar-refractivity contribution in [2.24, 2.45) is 0 Å². The normalized spacial score (nSPS) is 19.1. The second-order valence-electron chi connectivity index (χ2n) is 5.01. The van der Waals surface area contributed by atoms with E-state index in [9.17, 15) is 9.59 Å². The molecule has 1 saturated heterocycles. The van der Waals surface area contributed by atoms with Gasteiger partial charge in [0, 0.05) is 5.56 Å². The van der Waals surface area contributed by atoms with Gasteiger partial charge < -0.3 is 9.73 Å². The van der Waals surface area contributed by atoms with E-state index in [1.807, 2.05) is 19.9 Å². The fourth-order valence-electron chi connectivity index (χ4n) is 2.34. The van der Waals surface area contributed by atoms with Crippen molar-refractivity contribution >= 4 is 11.9 Å². The molecule has 1 N–H and O–H groups in total. The minimum atomic E-state index is -0.360. The zero-order chi connectivity index (χ0) is 14.0. The molecule has 2 rings (SSSR count). The van der Waals surface area contributed by atoms with Gasteiger partial charge in [-0.25, -0.2) is 4.79 Å². The third kappa shape index (κ3) is 2.80. The highest BCUT2D eigenvalue weighted by Crippen LogP contribution is 2.20. The van der Waals surface area contributed by atoms with Gasteiger partial charge in [0.2, 0.25) is 0 Å². The lowest BCUT2D eigenvalue weighted by molar-refractivity contribution is -0.128. The van der Waals surface area contributed by atoms with Crippen LogP contribution in [0.3, 0.4) is 0 Å². The van der Waals surface area contributed by atoms with Gasteiger partial charge in [0.1, 0.15) is 17.6 Å². The molecule has 1 aromatic heterocycles. The number of rotatable bonds is 5. The number of aryl methyl sites for hydroxylation is 2. The molecule has 3 amide bonds. The number of hydrogen-bond acceptors (Lipinski definition) is 3. The minimum absolute atomic E-state index is 0.128. The molecule has 0 spiro atoms. The largest absolute Gasteiger partial charge is 0.466 e. The first-order chi connectivity index (χ1) is 9.02. The van der Waals surface area contributed by atoms with Crippen LogP contribution in [-0.2, 0) is 11.3 Å². The number of imide groups is 1. The number of carbonyl (C=O) groups excluding carboxylic acids is 2. The standard InChI is InChI=1S/C14H20N2O3/c1-4-5-6-12-13(17)16(14(18)15-12)8-11-7-9(2)19-10(11)3/h7,12H,4-6,8H2,1-3H3,(H,15,18). The zero-order valence-electron chi connectivity index (χ0n) is 11.7. The maximum atomic E-state index is 12.2. The lowest BCUT2D eigenvalue weighted by Gasteiger charge is -2.12. The molecule has 0 radical (unpaired) electrons. The van der Waals surface area contributed by atoms with Crippen LogP contribution in [0.1, 0.15) is 43.3 Å². The molecule has 2 heterocycles. The van der Waals surface area contributed by atoms with Crippen LogP contribution in [0, 0.1) is 13.8 Å². The van der Waals surface area contributed by atoms with Crippen LogP contribution >= 0.6 is 0 Å². The average molecular weight is 264 g/mol. The molecule has 0 aliphatic carbocycles. The lowest BCUT2D eigenvalue weighted by atomic mass is 10.1. The van der Waals surface area contributed by atoms with Gasteiger partial charge >= 0.3 is 6.03 Å². The van der Waals surface area contributed by atoms with Crippen molar-refractivity contribution in [3.8, 4) is 0 Å². The second kappa shape index (κ2) is 5.47. The number of furan rings is 1. The summed E-state index contributed by atoms with van der Waals surface area (Å²) in [7, 11) is 0. The number of hydrogen-bond donors (Lipinski definition) is 1. The Bertz CT molecular complexity index is 493. The number of nitrogens with one attached hydrogen (secondary N) is 1. The Morgan fingerprint density at radius 2 is 2.11 bits per heavy atom. The van der Waals surface area contributed by atoms with Gasteiger partial charge in [-0.3, -0.25) is 9.69 Å². The van der Waals surface area contributed by atoms with E-state index in [2.05, 4.69) is 12.2 Å². The zero-order valence-corrected chi connectivity index (χ0v) is 11.7. The number of carbonyl (C=O) groups is 2. The first-order valence-corrected chi connectivity index (χ1v) is 6.70. The van der Waals surface area contributed by atoms with Crippen molar-refractivity contribution in [1.82, 2.24) is 10.2 Å². The number of unbranched alkanes of at least 4 members (excludes halogenated alkanes) is 1. The predicted molar refractivity (Wildman–Crippen MR) is 70.6 cm³/mol. The van der Waals surface area contributed by atoms with E-state index in [-0.39, 0.29) is 24.5 Å². The van der Waals surface area contributed by atoms with Gasteiger partial charge in [-0.1, -0.05) is 19.8 Å². The molecule has 1 atom stereocenters. The Kier molecular flexibility index (Phi) is 3.93. The van der Waals surface area contributed by atoms with Crippen molar-refractivity contribution in [3.05, 3.63) is 23.2 Å². The van der Waals surface area contributed by atoms with Gasteiger partial charge in [0.25, 0.3) is 5.91 Å². The van der Waals surface area contributed by atoms with E-state index in [0.29, 0.717) is 6.42 Å². The second-order valence-corrected chi connectivity index (χ2v) is 5.01. The summed E-state index contributed by atoms with van der Waals surface area (Å²) in [5.41, 5.74) is 0.886. The Labute approximate surface area is 113 Å². The molecule has 1 aliphatic heterocycles. The topological polar surface area (TPSA) is 62.6 Å². The highest BCUT2D eigenvalue weighted by atomic mass is 16.3. The maximum Gasteiger partial charge on any atom is 0.325 e. The van der Waals surface area contributed by atoms with Crippen LogP contribution in [0.25, 0.3) is 0 Å². The van der Waals surface area contributed by atoms with E-state index in [1.54, 1.807) is 0 Å². The Morgan fingerprint density at radius 3 is 2.68 bits per heavy atom. The SMILES string of the molecule is CCCCC1NC(=O)N(Cc2cc(C)oc2C)C1=O. The molecule has 1 aliphatic rings. The first kappa shape index (κ1) is 13.6. The summed E-state index contributed by atoms with van der Waals surface area (Å²) in [6.07, 6.45) is 2.66. The summed E-state index contributed by atoms with van der Waals surface area (Å²) in [5.74, 6) is 1.42. The molecule has 104 valence electrons. The fourth-order valence-corrected chi connectivity index (χ4v) is 2.34. The highest BCUT2D eigenvalue weighted by molar-refractivity contribution is 6.04. The molecule has 19 heavy (non-hydrogen) atoms. The van der Waals surface area contributed by atoms with Crippen molar-refractivity contribution in [3.63, 3.8) is 0 Å². The van der Waals surface area contributed by atoms with E-state index >= 15 is 0 Å². The van der Waals surface area contributed by atoms with Crippen LogP contribution in [0.4, 0.5) is 4.79 Å². The minimum Gasteiger partial charge on any atom is -0.466 e. The molecular formula is C14H20N2O3. The summed E-state index contributed by atoms with van der Waals surface area (Å²) in [5, 5.41) is 2.74. The first-order valence-electron chi connectivity index (χ1n) is 6.70. The average Bonchev–Trinajstić information content (AvgIpc) is 2.81. The third-order valence-corrected chi connectivity index (χ3v) is 3.43. The third-order valence-electron chi connectivity index (χ3n) is 3.43. The predicted octanol–water partition coefficient (Wildman–Crippen LogP) is 2.51. The van der Waals surface area contributed by atoms with Crippen LogP contribution in [0.5, 0.6) is 0 Å². The molecule has 1 aromatic rings. The van der Waals surface area contributed by atoms with Crippen molar-refractivity contribution in [1.29, 1.82) is 0 Å². The van der Waals surface area contributed by atoms with Gasteiger partial charge in [0.05, 0.1) is 6.54 Å².